The first kappa shape index (κ1) is 14.8. The molecule has 108 valence electrons. The number of benzene rings is 1. The number of nitrogens with one attached hydrogen (secondary N) is 3. The lowest BCUT2D eigenvalue weighted by Crippen LogP contribution is -2.44. The molecule has 1 aromatic rings. The Morgan fingerprint density at radius 3 is 2.70 bits per heavy atom. The molecule has 1 aliphatic rings. The normalized spacial score (nSPS) is 15.5. The monoisotopic (exact) mass is 295 g/mol. The van der Waals surface area contributed by atoms with Gasteiger partial charge in [0.05, 0.1) is 6.54 Å². The number of hydrogen-bond donors (Lipinski definition) is 3. The Kier molecular flexibility index (Phi) is 4.98. The van der Waals surface area contributed by atoms with Crippen LogP contribution in [0.4, 0.5) is 4.79 Å². The van der Waals surface area contributed by atoms with Crippen molar-refractivity contribution < 1.29 is 9.59 Å². The Morgan fingerprint density at radius 2 is 2.05 bits per heavy atom. The van der Waals surface area contributed by atoms with Crippen LogP contribution < -0.4 is 16.0 Å². The van der Waals surface area contributed by atoms with Gasteiger partial charge in [-0.25, -0.2) is 4.79 Å². The van der Waals surface area contributed by atoms with Gasteiger partial charge in [-0.1, -0.05) is 29.8 Å². The first-order valence-electron chi connectivity index (χ1n) is 6.64. The Morgan fingerprint density at radius 1 is 1.35 bits per heavy atom. The van der Waals surface area contributed by atoms with E-state index in [0.717, 1.165) is 18.4 Å². The van der Waals surface area contributed by atoms with E-state index in [1.165, 1.54) is 0 Å². The van der Waals surface area contributed by atoms with Crippen molar-refractivity contribution in [2.45, 2.75) is 31.8 Å². The molecule has 0 unspecified atom stereocenters. The number of carbonyl (C=O) groups is 2. The van der Waals surface area contributed by atoms with Crippen LogP contribution >= 0.6 is 11.6 Å². The minimum absolute atomic E-state index is 0.0600. The fourth-order valence-electron chi connectivity index (χ4n) is 1.80. The van der Waals surface area contributed by atoms with E-state index in [2.05, 4.69) is 16.0 Å². The van der Waals surface area contributed by atoms with Crippen LogP contribution in [0.1, 0.15) is 31.4 Å². The van der Waals surface area contributed by atoms with Crippen LogP contribution in [0, 0.1) is 0 Å². The van der Waals surface area contributed by atoms with E-state index in [0.29, 0.717) is 5.02 Å². The van der Waals surface area contributed by atoms with Gasteiger partial charge in [0.25, 0.3) is 0 Å². The van der Waals surface area contributed by atoms with Crippen molar-refractivity contribution in [2.75, 3.05) is 6.54 Å². The molecule has 0 bridgehead atoms. The van der Waals surface area contributed by atoms with Crippen LogP contribution in [-0.2, 0) is 4.79 Å². The first-order valence-corrected chi connectivity index (χ1v) is 7.02. The van der Waals surface area contributed by atoms with Gasteiger partial charge < -0.3 is 10.6 Å². The van der Waals surface area contributed by atoms with Gasteiger partial charge in [-0.15, -0.1) is 0 Å². The second-order valence-corrected chi connectivity index (χ2v) is 5.33. The lowest BCUT2D eigenvalue weighted by molar-refractivity contribution is -0.119. The quantitative estimate of drug-likeness (QED) is 0.778. The zero-order valence-corrected chi connectivity index (χ0v) is 12.0. The molecule has 5 nitrogen and oxygen atoms in total. The summed E-state index contributed by atoms with van der Waals surface area (Å²) in [5.41, 5.74) is 0.921. The van der Waals surface area contributed by atoms with Crippen molar-refractivity contribution >= 4 is 23.5 Å². The van der Waals surface area contributed by atoms with E-state index in [1.807, 2.05) is 25.1 Å². The van der Waals surface area contributed by atoms with Gasteiger partial charge in [0.15, 0.2) is 0 Å². The molecule has 3 amide bonds. The lowest BCUT2D eigenvalue weighted by atomic mass is 10.1. The number of amides is 3. The molecule has 20 heavy (non-hydrogen) atoms. The van der Waals surface area contributed by atoms with E-state index in [1.54, 1.807) is 6.07 Å². The van der Waals surface area contributed by atoms with Gasteiger partial charge in [-0.2, -0.15) is 0 Å². The van der Waals surface area contributed by atoms with Crippen LogP contribution in [-0.4, -0.2) is 24.5 Å². The third-order valence-electron chi connectivity index (χ3n) is 3.11. The van der Waals surface area contributed by atoms with Gasteiger partial charge in [-0.3, -0.25) is 10.1 Å². The second-order valence-electron chi connectivity index (χ2n) is 4.92. The number of rotatable bonds is 5. The molecule has 1 fully saturated rings. The minimum Gasteiger partial charge on any atom is -0.335 e. The first-order chi connectivity index (χ1) is 9.56. The molecular weight excluding hydrogens is 278 g/mol. The Bertz CT molecular complexity index is 503. The van der Waals surface area contributed by atoms with Crippen LogP contribution in [0.15, 0.2) is 24.3 Å². The summed E-state index contributed by atoms with van der Waals surface area (Å²) in [6.45, 7) is 1.98. The smallest absolute Gasteiger partial charge is 0.321 e. The van der Waals surface area contributed by atoms with Crippen molar-refractivity contribution in [1.29, 1.82) is 0 Å². The van der Waals surface area contributed by atoms with Crippen LogP contribution in [0.3, 0.4) is 0 Å². The zero-order chi connectivity index (χ0) is 14.5. The zero-order valence-electron chi connectivity index (χ0n) is 11.3. The molecule has 1 aromatic carbocycles. The summed E-state index contributed by atoms with van der Waals surface area (Å²) < 4.78 is 0. The number of hydrogen-bond acceptors (Lipinski definition) is 3. The molecule has 1 atom stereocenters. The fourth-order valence-corrected chi connectivity index (χ4v) is 2.10. The fraction of sp³-hybridized carbons (Fsp3) is 0.429. The van der Waals surface area contributed by atoms with Gasteiger partial charge in [0.2, 0.25) is 5.91 Å². The molecule has 0 heterocycles. The molecule has 0 saturated heterocycles. The lowest BCUT2D eigenvalue weighted by Gasteiger charge is -2.15. The largest absolute Gasteiger partial charge is 0.335 e. The van der Waals surface area contributed by atoms with Gasteiger partial charge in [0.1, 0.15) is 0 Å². The van der Waals surface area contributed by atoms with Gasteiger partial charge >= 0.3 is 6.03 Å². The average molecular weight is 296 g/mol. The maximum absolute atomic E-state index is 11.6. The van der Waals surface area contributed by atoms with Crippen molar-refractivity contribution in [3.8, 4) is 0 Å². The molecule has 6 heteroatoms. The highest BCUT2D eigenvalue weighted by Gasteiger charge is 2.23. The average Bonchev–Trinajstić information content (AvgIpc) is 3.20. The Balaban J connectivity index is 1.75. The summed E-state index contributed by atoms with van der Waals surface area (Å²) in [6.07, 6.45) is 1.98. The topological polar surface area (TPSA) is 70.2 Å². The summed E-state index contributed by atoms with van der Waals surface area (Å²) in [5, 5.41) is 8.67. The third kappa shape index (κ3) is 4.51. The highest BCUT2D eigenvalue weighted by Crippen LogP contribution is 2.21. The summed E-state index contributed by atoms with van der Waals surface area (Å²) in [6, 6.07) is 7.19. The number of imide groups is 1. The van der Waals surface area contributed by atoms with Crippen molar-refractivity contribution in [1.82, 2.24) is 16.0 Å². The van der Waals surface area contributed by atoms with E-state index in [4.69, 9.17) is 11.6 Å². The maximum Gasteiger partial charge on any atom is 0.321 e. The van der Waals surface area contributed by atoms with E-state index < -0.39 is 6.03 Å². The molecule has 1 saturated carbocycles. The SMILES string of the molecule is C[C@H](NCC(=O)NC(=O)NC1CC1)c1ccccc1Cl. The molecular formula is C14H18ClN3O2. The predicted molar refractivity (Wildman–Crippen MR) is 77.6 cm³/mol. The molecule has 2 rings (SSSR count). The van der Waals surface area contributed by atoms with Crippen LogP contribution in [0.25, 0.3) is 0 Å². The summed E-state index contributed by atoms with van der Waals surface area (Å²) in [7, 11) is 0. The standard InChI is InChI=1S/C14H18ClN3O2/c1-9(11-4-2-3-5-12(11)15)16-8-13(19)18-14(20)17-10-6-7-10/h2-5,9-10,16H,6-8H2,1H3,(H2,17,18,19,20)/t9-/m0/s1. The molecule has 0 radical (unpaired) electrons. The minimum atomic E-state index is -0.426. The third-order valence-corrected chi connectivity index (χ3v) is 3.45. The van der Waals surface area contributed by atoms with Crippen molar-refractivity contribution in [3.05, 3.63) is 34.9 Å². The molecule has 0 aliphatic heterocycles. The van der Waals surface area contributed by atoms with Crippen LogP contribution in [0.2, 0.25) is 5.02 Å². The van der Waals surface area contributed by atoms with E-state index >= 15 is 0 Å². The van der Waals surface area contributed by atoms with Gasteiger partial charge in [-0.05, 0) is 31.4 Å². The molecule has 1 aliphatic carbocycles. The summed E-state index contributed by atoms with van der Waals surface area (Å²) in [4.78, 5) is 23.0. The highest BCUT2D eigenvalue weighted by atomic mass is 35.5. The molecule has 0 spiro atoms. The molecule has 0 aromatic heterocycles. The maximum atomic E-state index is 11.6. The number of urea groups is 1. The summed E-state index contributed by atoms with van der Waals surface area (Å²) in [5.74, 6) is -0.359. The Labute approximate surface area is 123 Å². The van der Waals surface area contributed by atoms with Crippen molar-refractivity contribution in [2.24, 2.45) is 0 Å². The highest BCUT2D eigenvalue weighted by molar-refractivity contribution is 6.31. The van der Waals surface area contributed by atoms with E-state index in [9.17, 15) is 9.59 Å². The predicted octanol–water partition coefficient (Wildman–Crippen LogP) is 1.98. The summed E-state index contributed by atoms with van der Waals surface area (Å²) >= 11 is 6.08. The molecule has 3 N–H and O–H groups in total. The number of halogens is 1. The van der Waals surface area contributed by atoms with Gasteiger partial charge in [0, 0.05) is 17.1 Å². The Hall–Kier alpha value is -1.59. The second kappa shape index (κ2) is 6.72. The van der Waals surface area contributed by atoms with Crippen LogP contribution in [0.5, 0.6) is 0 Å². The van der Waals surface area contributed by atoms with Crippen molar-refractivity contribution in [3.63, 3.8) is 0 Å². The number of carbonyl (C=O) groups excluding carboxylic acids is 2. The van der Waals surface area contributed by atoms with E-state index in [-0.39, 0.29) is 24.5 Å².